The molecule has 2 aromatic rings. The predicted octanol–water partition coefficient (Wildman–Crippen LogP) is 8.73. The van der Waals surface area contributed by atoms with Crippen molar-refractivity contribution in [2.45, 2.75) is 109 Å². The van der Waals surface area contributed by atoms with Crippen molar-refractivity contribution in [1.82, 2.24) is 15.5 Å². The van der Waals surface area contributed by atoms with Crippen LogP contribution in [0.2, 0.25) is 0 Å². The van der Waals surface area contributed by atoms with E-state index in [4.69, 9.17) is 9.47 Å². The minimum Gasteiger partial charge on any atom is -0.469 e. The molecular weight excluding hydrogens is 605 g/mol. The molecule has 8 heteroatoms. The van der Waals surface area contributed by atoms with Gasteiger partial charge in [0.1, 0.15) is 5.01 Å². The van der Waals surface area contributed by atoms with Gasteiger partial charge in [0.05, 0.1) is 18.6 Å². The number of rotatable bonds is 7. The molecule has 0 spiro atoms. The summed E-state index contributed by atoms with van der Waals surface area (Å²) in [5.74, 6) is 1.06. The Balaban J connectivity index is 0.00000213. The van der Waals surface area contributed by atoms with Crippen molar-refractivity contribution in [2.75, 3.05) is 45.3 Å². The molecule has 3 atom stereocenters. The van der Waals surface area contributed by atoms with Gasteiger partial charge in [0.15, 0.2) is 0 Å². The van der Waals surface area contributed by atoms with E-state index in [-0.39, 0.29) is 23.4 Å². The summed E-state index contributed by atoms with van der Waals surface area (Å²) in [6.07, 6.45) is 18.8. The Bertz CT molecular complexity index is 1340. The maximum absolute atomic E-state index is 12.9. The Labute approximate surface area is 287 Å². The first kappa shape index (κ1) is 35.7. The van der Waals surface area contributed by atoms with Crippen molar-refractivity contribution in [3.8, 4) is 10.6 Å². The molecule has 1 aromatic carbocycles. The molecule has 0 radical (unpaired) electrons. The highest BCUT2D eigenvalue weighted by Crippen LogP contribution is 2.43. The number of methoxy groups -OCH3 is 2. The molecule has 2 aliphatic carbocycles. The fourth-order valence-corrected chi connectivity index (χ4v) is 9.38. The smallest absolute Gasteiger partial charge is 0.313 e. The van der Waals surface area contributed by atoms with E-state index in [0.717, 1.165) is 80.4 Å². The lowest BCUT2D eigenvalue weighted by molar-refractivity contribution is -0.145. The molecule has 1 aromatic heterocycles. The van der Waals surface area contributed by atoms with Crippen molar-refractivity contribution < 1.29 is 14.3 Å². The van der Waals surface area contributed by atoms with E-state index in [1.807, 2.05) is 21.0 Å². The number of esters is 1. The van der Waals surface area contributed by atoms with E-state index in [2.05, 4.69) is 63.8 Å². The summed E-state index contributed by atoms with van der Waals surface area (Å²) < 4.78 is 11.6. The molecule has 47 heavy (non-hydrogen) atoms. The number of nitrogens with one attached hydrogen (secondary N) is 1. The predicted molar refractivity (Wildman–Crippen MR) is 194 cm³/mol. The van der Waals surface area contributed by atoms with Crippen LogP contribution in [-0.4, -0.2) is 62.2 Å². The van der Waals surface area contributed by atoms with Gasteiger partial charge in [-0.25, -0.2) is 0 Å². The summed E-state index contributed by atoms with van der Waals surface area (Å²) in [7, 11) is 3.45. The topological polar surface area (TPSA) is 76.6 Å². The maximum Gasteiger partial charge on any atom is 0.313 e. The second-order valence-electron chi connectivity index (χ2n) is 13.8. The molecule has 1 saturated carbocycles. The van der Waals surface area contributed by atoms with E-state index < -0.39 is 0 Å². The summed E-state index contributed by atoms with van der Waals surface area (Å²) in [5.41, 5.74) is 5.01. The fourth-order valence-electron chi connectivity index (χ4n) is 8.47. The normalized spacial score (nSPS) is 25.6. The van der Waals surface area contributed by atoms with Gasteiger partial charge in [-0.2, -0.15) is 0 Å². The molecule has 1 saturated heterocycles. The molecule has 1 N–H and O–H groups in total. The van der Waals surface area contributed by atoms with Crippen LogP contribution in [-0.2, 0) is 14.3 Å². The van der Waals surface area contributed by atoms with Crippen LogP contribution in [0.4, 0.5) is 5.13 Å². The monoisotopic (exact) mass is 662 g/mol. The van der Waals surface area contributed by atoms with Crippen molar-refractivity contribution in [3.63, 3.8) is 0 Å². The van der Waals surface area contributed by atoms with Gasteiger partial charge in [0.25, 0.3) is 0 Å². The summed E-state index contributed by atoms with van der Waals surface area (Å²) in [6, 6.07) is 9.00. The van der Waals surface area contributed by atoms with E-state index in [9.17, 15) is 4.79 Å². The molecule has 2 aliphatic heterocycles. The van der Waals surface area contributed by atoms with Crippen LogP contribution in [0.1, 0.15) is 109 Å². The zero-order valence-corrected chi connectivity index (χ0v) is 30.4. The van der Waals surface area contributed by atoms with Crippen LogP contribution in [0, 0.1) is 17.8 Å². The lowest BCUT2D eigenvalue weighted by Crippen LogP contribution is -2.50. The average molecular weight is 663 g/mol. The van der Waals surface area contributed by atoms with Crippen LogP contribution in [0.25, 0.3) is 10.6 Å². The van der Waals surface area contributed by atoms with Gasteiger partial charge in [-0.3, -0.25) is 4.79 Å². The molecule has 2 unspecified atom stereocenters. The van der Waals surface area contributed by atoms with Crippen molar-refractivity contribution >= 4 is 22.4 Å². The second-order valence-corrected chi connectivity index (χ2v) is 14.7. The first-order chi connectivity index (χ1) is 23.0. The number of ether oxygens (including phenoxy) is 2. The lowest BCUT2D eigenvalue weighted by atomic mass is 9.74. The fraction of sp³-hybridized carbons (Fsp3) is 0.667. The van der Waals surface area contributed by atoms with Crippen LogP contribution < -0.4 is 10.2 Å². The van der Waals surface area contributed by atoms with E-state index in [0.29, 0.717) is 11.8 Å². The number of anilines is 1. The van der Waals surface area contributed by atoms with Gasteiger partial charge >= 0.3 is 5.97 Å². The third-order valence-electron chi connectivity index (χ3n) is 11.3. The molecule has 6 rings (SSSR count). The minimum atomic E-state index is -0.183. The number of benzene rings is 1. The molecule has 0 amide bonds. The molecule has 2 fully saturated rings. The third kappa shape index (κ3) is 8.37. The van der Waals surface area contributed by atoms with Gasteiger partial charge in [-0.05, 0) is 92.4 Å². The SMILES string of the molecule is CC.COC(=O)C1C(C2=CCNCC2)=CCC(c2ccc(-c3nnc(N4CCC(OC)(C5CCCCCC5)CC4)s3)cc2)CC[C@@H]1C. The van der Waals surface area contributed by atoms with Crippen LogP contribution >= 0.6 is 11.3 Å². The zero-order chi connectivity index (χ0) is 33.2. The Kier molecular flexibility index (Phi) is 13.1. The molecule has 4 aliphatic rings. The quantitative estimate of drug-likeness (QED) is 0.235. The van der Waals surface area contributed by atoms with Crippen LogP contribution in [0.15, 0.2) is 47.6 Å². The highest BCUT2D eigenvalue weighted by atomic mass is 32.1. The summed E-state index contributed by atoms with van der Waals surface area (Å²) in [4.78, 5) is 15.3. The molecule has 3 heterocycles. The first-order valence-corrected chi connectivity index (χ1v) is 19.2. The van der Waals surface area contributed by atoms with Crippen molar-refractivity contribution in [1.29, 1.82) is 0 Å². The van der Waals surface area contributed by atoms with E-state index >= 15 is 0 Å². The Hall–Kier alpha value is -2.55. The summed E-state index contributed by atoms with van der Waals surface area (Å²) in [6.45, 7) is 10.00. The van der Waals surface area contributed by atoms with E-state index in [1.54, 1.807) is 11.3 Å². The number of piperidine rings is 1. The van der Waals surface area contributed by atoms with Gasteiger partial charge in [0, 0.05) is 32.3 Å². The van der Waals surface area contributed by atoms with E-state index in [1.165, 1.54) is 62.3 Å². The number of allylic oxidation sites excluding steroid dienone is 1. The van der Waals surface area contributed by atoms with Gasteiger partial charge < -0.3 is 19.7 Å². The zero-order valence-electron chi connectivity index (χ0n) is 29.6. The minimum absolute atomic E-state index is 0.0275. The molecule has 258 valence electrons. The van der Waals surface area contributed by atoms with Crippen LogP contribution in [0.3, 0.4) is 0 Å². The molecule has 0 bridgehead atoms. The first-order valence-electron chi connectivity index (χ1n) is 18.4. The number of hydrogen-bond acceptors (Lipinski definition) is 8. The second kappa shape index (κ2) is 17.2. The van der Waals surface area contributed by atoms with Gasteiger partial charge in [0.2, 0.25) is 5.13 Å². The summed E-state index contributed by atoms with van der Waals surface area (Å²) >= 11 is 1.71. The molecular formula is C39H58N4O3S. The standard InChI is InChI=1S/C37H52N4O3S.C2H6/c1-26-10-11-27(16-17-32(33(26)35(42)43-2)29-18-22-38-23-19-29)28-12-14-30(15-13-28)34-39-40-36(45-34)41-24-20-37(44-3,21-25-41)31-8-6-4-5-7-9-31;1-2/h12-15,17-18,26-27,31,33,38H,4-11,16,19-25H2,1-3H3;1-2H3/t26-,27?,33?;/m0./s1. The Morgan fingerprint density at radius 3 is 2.32 bits per heavy atom. The lowest BCUT2D eigenvalue weighted by Gasteiger charge is -2.45. The number of hydrogen-bond donors (Lipinski definition) is 1. The Morgan fingerprint density at radius 1 is 0.957 bits per heavy atom. The number of carbonyl (C=O) groups is 1. The third-order valence-corrected chi connectivity index (χ3v) is 12.3. The highest BCUT2D eigenvalue weighted by Gasteiger charge is 2.42. The summed E-state index contributed by atoms with van der Waals surface area (Å²) in [5, 5.41) is 14.7. The average Bonchev–Trinajstić information content (AvgIpc) is 3.45. The van der Waals surface area contributed by atoms with Crippen molar-refractivity contribution in [3.05, 3.63) is 53.1 Å². The van der Waals surface area contributed by atoms with Gasteiger partial charge in [-0.1, -0.05) is 94.2 Å². The molecule has 7 nitrogen and oxygen atoms in total. The largest absolute Gasteiger partial charge is 0.469 e. The highest BCUT2D eigenvalue weighted by molar-refractivity contribution is 7.18. The maximum atomic E-state index is 12.9. The Morgan fingerprint density at radius 2 is 1.68 bits per heavy atom. The number of aromatic nitrogens is 2. The van der Waals surface area contributed by atoms with Crippen molar-refractivity contribution in [2.24, 2.45) is 17.8 Å². The van der Waals surface area contributed by atoms with Gasteiger partial charge in [-0.15, -0.1) is 10.2 Å². The van der Waals surface area contributed by atoms with Crippen LogP contribution in [0.5, 0.6) is 0 Å². The number of carbonyl (C=O) groups excluding carboxylic acids is 1. The number of nitrogens with zero attached hydrogens (tertiary/aromatic N) is 3.